The van der Waals surface area contributed by atoms with Gasteiger partial charge in [0.25, 0.3) is 0 Å². The molecule has 1 unspecified atom stereocenters. The number of halogens is 1. The third kappa shape index (κ3) is 3.57. The maximum atomic E-state index is 14.8. The molecule has 27 heavy (non-hydrogen) atoms. The van der Waals surface area contributed by atoms with Gasteiger partial charge in [-0.1, -0.05) is 0 Å². The van der Waals surface area contributed by atoms with E-state index in [1.165, 1.54) is 10.7 Å². The molecule has 1 aromatic heterocycles. The Morgan fingerprint density at radius 2 is 1.96 bits per heavy atom. The van der Waals surface area contributed by atoms with Gasteiger partial charge in [-0.3, -0.25) is 4.90 Å². The van der Waals surface area contributed by atoms with E-state index in [0.717, 1.165) is 45.6 Å². The minimum absolute atomic E-state index is 0.0706. The van der Waals surface area contributed by atoms with Crippen LogP contribution in [0.25, 0.3) is 5.69 Å². The molecule has 2 saturated heterocycles. The average Bonchev–Trinajstić information content (AvgIpc) is 3.00. The van der Waals surface area contributed by atoms with Crippen LogP contribution in [0.1, 0.15) is 19.8 Å². The SMILES string of the molecule is CC1CNCCN1C1CCN(c2ccc(-n3nc(N)nc3N)cc2F)CC1. The third-order valence-electron chi connectivity index (χ3n) is 5.65. The maximum Gasteiger partial charge on any atom is 0.241 e. The molecule has 3 heterocycles. The van der Waals surface area contributed by atoms with Crippen molar-refractivity contribution in [2.45, 2.75) is 31.8 Å². The number of piperidine rings is 1. The molecule has 9 heteroatoms. The van der Waals surface area contributed by atoms with Gasteiger partial charge in [0.1, 0.15) is 5.82 Å². The number of nitrogen functional groups attached to an aromatic ring is 2. The highest BCUT2D eigenvalue weighted by Crippen LogP contribution is 2.28. The molecule has 1 atom stereocenters. The predicted molar refractivity (Wildman–Crippen MR) is 104 cm³/mol. The molecular formula is C18H27FN8. The lowest BCUT2D eigenvalue weighted by molar-refractivity contribution is 0.0996. The monoisotopic (exact) mass is 374 g/mol. The van der Waals surface area contributed by atoms with Crippen LogP contribution < -0.4 is 21.7 Å². The summed E-state index contributed by atoms with van der Waals surface area (Å²) in [4.78, 5) is 8.58. The van der Waals surface area contributed by atoms with Crippen LogP contribution in [0.2, 0.25) is 0 Å². The number of aromatic nitrogens is 3. The highest BCUT2D eigenvalue weighted by atomic mass is 19.1. The van der Waals surface area contributed by atoms with Crippen LogP contribution in [0.4, 0.5) is 22.0 Å². The first-order valence-electron chi connectivity index (χ1n) is 9.52. The lowest BCUT2D eigenvalue weighted by Gasteiger charge is -2.44. The van der Waals surface area contributed by atoms with Crippen molar-refractivity contribution in [1.29, 1.82) is 0 Å². The quantitative estimate of drug-likeness (QED) is 0.732. The molecule has 0 saturated carbocycles. The fourth-order valence-corrected chi connectivity index (χ4v) is 4.25. The molecular weight excluding hydrogens is 347 g/mol. The summed E-state index contributed by atoms with van der Waals surface area (Å²) in [5.41, 5.74) is 12.5. The van der Waals surface area contributed by atoms with Crippen LogP contribution in [-0.4, -0.2) is 64.5 Å². The van der Waals surface area contributed by atoms with Gasteiger partial charge in [0.05, 0.1) is 11.4 Å². The fourth-order valence-electron chi connectivity index (χ4n) is 4.25. The van der Waals surface area contributed by atoms with Crippen LogP contribution >= 0.6 is 0 Å². The Hall–Kier alpha value is -2.39. The third-order valence-corrected chi connectivity index (χ3v) is 5.65. The summed E-state index contributed by atoms with van der Waals surface area (Å²) in [5, 5.41) is 7.44. The predicted octanol–water partition coefficient (Wildman–Crippen LogP) is 0.833. The molecule has 2 aliphatic heterocycles. The average molecular weight is 374 g/mol. The summed E-state index contributed by atoms with van der Waals surface area (Å²) in [6.45, 7) is 7.19. The van der Waals surface area contributed by atoms with Gasteiger partial charge in [-0.05, 0) is 31.9 Å². The Kier molecular flexibility index (Phi) is 4.88. The van der Waals surface area contributed by atoms with E-state index in [1.807, 2.05) is 0 Å². The van der Waals surface area contributed by atoms with Crippen LogP contribution in [0, 0.1) is 5.82 Å². The normalized spacial score (nSPS) is 22.3. The number of anilines is 3. The highest BCUT2D eigenvalue weighted by Gasteiger charge is 2.29. The molecule has 0 amide bonds. The molecule has 2 aliphatic rings. The standard InChI is InChI=1S/C18H27FN8/c1-12-11-22-6-9-26(12)13-4-7-25(8-5-13)16-3-2-14(10-15(16)19)27-18(21)23-17(20)24-27/h2-3,10,12-13,22H,4-9,11H2,1H3,(H4,20,21,23,24). The van der Waals surface area contributed by atoms with Gasteiger partial charge >= 0.3 is 0 Å². The zero-order valence-corrected chi connectivity index (χ0v) is 15.6. The molecule has 8 nitrogen and oxygen atoms in total. The molecule has 5 N–H and O–H groups in total. The molecule has 2 fully saturated rings. The second-order valence-corrected chi connectivity index (χ2v) is 7.38. The molecule has 2 aromatic rings. The van der Waals surface area contributed by atoms with E-state index in [-0.39, 0.29) is 17.7 Å². The summed E-state index contributed by atoms with van der Waals surface area (Å²) >= 11 is 0. The van der Waals surface area contributed by atoms with Gasteiger partial charge in [-0.15, -0.1) is 5.10 Å². The van der Waals surface area contributed by atoms with Crippen LogP contribution in [0.3, 0.4) is 0 Å². The number of nitrogens with zero attached hydrogens (tertiary/aromatic N) is 5. The smallest absolute Gasteiger partial charge is 0.241 e. The van der Waals surface area contributed by atoms with Crippen molar-refractivity contribution < 1.29 is 4.39 Å². The van der Waals surface area contributed by atoms with Crippen LogP contribution in [0.5, 0.6) is 0 Å². The van der Waals surface area contributed by atoms with Crippen molar-refractivity contribution in [3.63, 3.8) is 0 Å². The zero-order valence-electron chi connectivity index (χ0n) is 15.6. The highest BCUT2D eigenvalue weighted by molar-refractivity contribution is 5.54. The summed E-state index contributed by atoms with van der Waals surface area (Å²) in [7, 11) is 0. The topological polar surface area (TPSA) is 101 Å². The van der Waals surface area contributed by atoms with Gasteiger partial charge in [-0.25, -0.2) is 4.39 Å². The van der Waals surface area contributed by atoms with Crippen molar-refractivity contribution >= 4 is 17.6 Å². The minimum atomic E-state index is -0.282. The van der Waals surface area contributed by atoms with E-state index in [4.69, 9.17) is 11.5 Å². The molecule has 0 aliphatic carbocycles. The molecule has 0 spiro atoms. The Labute approximate surface area is 158 Å². The summed E-state index contributed by atoms with van der Waals surface area (Å²) in [5.74, 6) is -0.0678. The Balaban J connectivity index is 1.45. The second kappa shape index (κ2) is 7.32. The van der Waals surface area contributed by atoms with E-state index in [0.29, 0.717) is 23.5 Å². The molecule has 146 valence electrons. The van der Waals surface area contributed by atoms with Crippen LogP contribution in [0.15, 0.2) is 18.2 Å². The summed E-state index contributed by atoms with van der Waals surface area (Å²) in [6.07, 6.45) is 2.11. The summed E-state index contributed by atoms with van der Waals surface area (Å²) < 4.78 is 16.1. The second-order valence-electron chi connectivity index (χ2n) is 7.38. The van der Waals surface area contributed by atoms with E-state index in [9.17, 15) is 4.39 Å². The van der Waals surface area contributed by atoms with Crippen molar-refractivity contribution in [3.8, 4) is 5.69 Å². The van der Waals surface area contributed by atoms with Gasteiger partial charge in [-0.2, -0.15) is 9.67 Å². The number of hydrogen-bond donors (Lipinski definition) is 3. The zero-order chi connectivity index (χ0) is 19.0. The number of piperazine rings is 1. The molecule has 0 bridgehead atoms. The Morgan fingerprint density at radius 1 is 1.19 bits per heavy atom. The molecule has 0 radical (unpaired) electrons. The van der Waals surface area contributed by atoms with Gasteiger partial charge in [0.15, 0.2) is 0 Å². The Bertz CT molecular complexity index is 799. The van der Waals surface area contributed by atoms with Crippen molar-refractivity contribution in [1.82, 2.24) is 25.0 Å². The van der Waals surface area contributed by atoms with E-state index >= 15 is 0 Å². The lowest BCUT2D eigenvalue weighted by Crippen LogP contribution is -2.56. The first-order chi connectivity index (χ1) is 13.0. The number of nitrogens with two attached hydrogens (primary N) is 2. The molecule has 4 rings (SSSR count). The fraction of sp³-hybridized carbons (Fsp3) is 0.556. The van der Waals surface area contributed by atoms with E-state index in [2.05, 4.69) is 32.1 Å². The van der Waals surface area contributed by atoms with Gasteiger partial charge in [0.2, 0.25) is 11.9 Å². The first-order valence-corrected chi connectivity index (χ1v) is 9.52. The van der Waals surface area contributed by atoms with Gasteiger partial charge < -0.3 is 21.7 Å². The first kappa shape index (κ1) is 18.0. The van der Waals surface area contributed by atoms with Gasteiger partial charge in [0, 0.05) is 50.9 Å². The van der Waals surface area contributed by atoms with Crippen molar-refractivity contribution in [2.75, 3.05) is 49.1 Å². The van der Waals surface area contributed by atoms with Crippen molar-refractivity contribution in [3.05, 3.63) is 24.0 Å². The summed E-state index contributed by atoms with van der Waals surface area (Å²) in [6, 6.07) is 6.17. The molecule has 1 aromatic carbocycles. The number of hydrogen-bond acceptors (Lipinski definition) is 7. The van der Waals surface area contributed by atoms with E-state index in [1.54, 1.807) is 12.1 Å². The minimum Gasteiger partial charge on any atom is -0.369 e. The Morgan fingerprint density at radius 3 is 2.59 bits per heavy atom. The largest absolute Gasteiger partial charge is 0.369 e. The van der Waals surface area contributed by atoms with E-state index < -0.39 is 0 Å². The number of rotatable bonds is 3. The van der Waals surface area contributed by atoms with Crippen LogP contribution in [-0.2, 0) is 0 Å². The maximum absolute atomic E-state index is 14.8. The van der Waals surface area contributed by atoms with Crippen molar-refractivity contribution in [2.24, 2.45) is 0 Å². The number of nitrogens with one attached hydrogen (secondary N) is 1. The lowest BCUT2D eigenvalue weighted by atomic mass is 9.99. The number of benzene rings is 1.